The zero-order valence-corrected chi connectivity index (χ0v) is 20.1. The minimum atomic E-state index is -0.222. The highest BCUT2D eigenvalue weighted by Gasteiger charge is 2.29. The van der Waals surface area contributed by atoms with Gasteiger partial charge in [-0.25, -0.2) is 0 Å². The zero-order chi connectivity index (χ0) is 23.8. The molecule has 0 radical (unpaired) electrons. The lowest BCUT2D eigenvalue weighted by molar-refractivity contribution is -0.135. The standard InChI is InChI=1S/C24H37N3O5/c1-7-9-22(28)25-18-10-11-19-20(12-18)32-15-17(4)27(23(29)8-2)13-16(3)21(31-6)14-26(5)24(19)30/h10-12,16-17,21H,7-9,13-15H2,1-6H3,(H,25,28)/t16-,17+,21+/m0/s1. The Morgan fingerprint density at radius 1 is 1.22 bits per heavy atom. The highest BCUT2D eigenvalue weighted by molar-refractivity contribution is 5.98. The number of methoxy groups -OCH3 is 1. The predicted octanol–water partition coefficient (Wildman–Crippen LogP) is 3.17. The van der Waals surface area contributed by atoms with E-state index in [0.717, 1.165) is 6.42 Å². The lowest BCUT2D eigenvalue weighted by Gasteiger charge is -2.36. The maximum absolute atomic E-state index is 13.2. The molecule has 0 aliphatic carbocycles. The number of carbonyl (C=O) groups excluding carboxylic acids is 3. The minimum absolute atomic E-state index is 0.0308. The van der Waals surface area contributed by atoms with E-state index in [1.54, 1.807) is 37.3 Å². The molecule has 1 aromatic rings. The molecule has 1 N–H and O–H groups in total. The molecular formula is C24H37N3O5. The summed E-state index contributed by atoms with van der Waals surface area (Å²) in [5.41, 5.74) is 0.979. The first-order valence-corrected chi connectivity index (χ1v) is 11.4. The Kier molecular flexibility index (Phi) is 9.50. The molecule has 8 heteroatoms. The Morgan fingerprint density at radius 3 is 2.56 bits per heavy atom. The maximum atomic E-state index is 13.2. The molecule has 3 amide bonds. The van der Waals surface area contributed by atoms with E-state index in [2.05, 4.69) is 5.32 Å². The van der Waals surface area contributed by atoms with Crippen LogP contribution in [0.2, 0.25) is 0 Å². The van der Waals surface area contributed by atoms with Gasteiger partial charge in [-0.3, -0.25) is 14.4 Å². The number of rotatable bonds is 5. The van der Waals surface area contributed by atoms with Crippen LogP contribution >= 0.6 is 0 Å². The summed E-state index contributed by atoms with van der Waals surface area (Å²) in [6.07, 6.45) is 1.34. The second-order valence-corrected chi connectivity index (χ2v) is 8.51. The smallest absolute Gasteiger partial charge is 0.257 e. The highest BCUT2D eigenvalue weighted by Crippen LogP contribution is 2.27. The lowest BCUT2D eigenvalue weighted by Crippen LogP contribution is -2.48. The molecule has 0 aromatic heterocycles. The lowest BCUT2D eigenvalue weighted by atomic mass is 10.0. The molecule has 0 saturated carbocycles. The summed E-state index contributed by atoms with van der Waals surface area (Å²) in [5.74, 6) is 0.187. The van der Waals surface area contributed by atoms with Gasteiger partial charge < -0.3 is 24.6 Å². The second kappa shape index (κ2) is 11.9. The molecule has 1 aliphatic rings. The molecule has 1 aromatic carbocycles. The molecular weight excluding hydrogens is 410 g/mol. The van der Waals surface area contributed by atoms with Crippen LogP contribution in [0.4, 0.5) is 5.69 Å². The van der Waals surface area contributed by atoms with Gasteiger partial charge in [-0.05, 0) is 25.5 Å². The third-order valence-electron chi connectivity index (χ3n) is 5.83. The van der Waals surface area contributed by atoms with E-state index in [4.69, 9.17) is 9.47 Å². The summed E-state index contributed by atoms with van der Waals surface area (Å²) in [6.45, 7) is 8.87. The zero-order valence-electron chi connectivity index (χ0n) is 20.1. The number of hydrogen-bond acceptors (Lipinski definition) is 5. The van der Waals surface area contributed by atoms with Crippen LogP contribution in [0.25, 0.3) is 0 Å². The van der Waals surface area contributed by atoms with Crippen LogP contribution in [0.15, 0.2) is 18.2 Å². The topological polar surface area (TPSA) is 88.2 Å². The molecule has 1 aliphatic heterocycles. The van der Waals surface area contributed by atoms with E-state index in [1.165, 1.54) is 0 Å². The summed E-state index contributed by atoms with van der Waals surface area (Å²) < 4.78 is 11.7. The van der Waals surface area contributed by atoms with Gasteiger partial charge in [-0.2, -0.15) is 0 Å². The van der Waals surface area contributed by atoms with Crippen molar-refractivity contribution in [3.63, 3.8) is 0 Å². The molecule has 2 rings (SSSR count). The van der Waals surface area contributed by atoms with Gasteiger partial charge in [0.1, 0.15) is 12.4 Å². The molecule has 0 unspecified atom stereocenters. The van der Waals surface area contributed by atoms with Gasteiger partial charge in [0.15, 0.2) is 0 Å². The number of carbonyl (C=O) groups is 3. The number of likely N-dealkylation sites (N-methyl/N-ethyl adjacent to an activating group) is 1. The Hall–Kier alpha value is -2.61. The van der Waals surface area contributed by atoms with E-state index >= 15 is 0 Å². The first-order chi connectivity index (χ1) is 15.2. The van der Waals surface area contributed by atoms with Crippen molar-refractivity contribution in [3.05, 3.63) is 23.8 Å². The normalized spacial score (nSPS) is 22.3. The summed E-state index contributed by atoms with van der Waals surface area (Å²) in [5, 5.41) is 2.85. The number of amides is 3. The maximum Gasteiger partial charge on any atom is 0.257 e. The Labute approximate surface area is 191 Å². The summed E-state index contributed by atoms with van der Waals surface area (Å²) >= 11 is 0. The fourth-order valence-corrected chi connectivity index (χ4v) is 3.85. The average Bonchev–Trinajstić information content (AvgIpc) is 2.77. The van der Waals surface area contributed by atoms with Gasteiger partial charge >= 0.3 is 0 Å². The van der Waals surface area contributed by atoms with Crippen molar-refractivity contribution in [2.75, 3.05) is 39.2 Å². The van der Waals surface area contributed by atoms with E-state index in [1.807, 2.05) is 32.6 Å². The van der Waals surface area contributed by atoms with Gasteiger partial charge in [0.05, 0.1) is 17.7 Å². The van der Waals surface area contributed by atoms with E-state index in [-0.39, 0.29) is 42.4 Å². The first-order valence-electron chi connectivity index (χ1n) is 11.4. The molecule has 1 heterocycles. The fourth-order valence-electron chi connectivity index (χ4n) is 3.85. The van der Waals surface area contributed by atoms with E-state index in [0.29, 0.717) is 42.9 Å². The van der Waals surface area contributed by atoms with Crippen molar-refractivity contribution in [2.24, 2.45) is 5.92 Å². The molecule has 0 bridgehead atoms. The van der Waals surface area contributed by atoms with Crippen LogP contribution in [0, 0.1) is 5.92 Å². The number of anilines is 1. The SMILES string of the molecule is CCCC(=O)Nc1ccc2c(c1)OC[C@@H](C)N(C(=O)CC)C[C@H](C)[C@H](OC)CN(C)C2=O. The van der Waals surface area contributed by atoms with Crippen molar-refractivity contribution in [1.82, 2.24) is 9.80 Å². The molecule has 0 saturated heterocycles. The van der Waals surface area contributed by atoms with E-state index < -0.39 is 0 Å². The molecule has 0 fully saturated rings. The Bertz CT molecular complexity index is 813. The molecule has 0 spiro atoms. The Morgan fingerprint density at radius 2 is 1.94 bits per heavy atom. The van der Waals surface area contributed by atoms with Crippen molar-refractivity contribution < 1.29 is 23.9 Å². The minimum Gasteiger partial charge on any atom is -0.491 e. The van der Waals surface area contributed by atoms with Crippen molar-refractivity contribution >= 4 is 23.4 Å². The highest BCUT2D eigenvalue weighted by atomic mass is 16.5. The molecule has 8 nitrogen and oxygen atoms in total. The molecule has 32 heavy (non-hydrogen) atoms. The summed E-state index contributed by atoms with van der Waals surface area (Å²) in [4.78, 5) is 41.3. The van der Waals surface area contributed by atoms with Gasteiger partial charge in [-0.1, -0.05) is 20.8 Å². The number of nitrogens with zero attached hydrogens (tertiary/aromatic N) is 2. The quantitative estimate of drug-likeness (QED) is 0.749. The number of benzene rings is 1. The first kappa shape index (κ1) is 25.6. The van der Waals surface area contributed by atoms with Crippen LogP contribution in [0.3, 0.4) is 0 Å². The van der Waals surface area contributed by atoms with Gasteiger partial charge in [-0.15, -0.1) is 0 Å². The van der Waals surface area contributed by atoms with Gasteiger partial charge in [0.2, 0.25) is 11.8 Å². The van der Waals surface area contributed by atoms with Gasteiger partial charge in [0, 0.05) is 57.8 Å². The van der Waals surface area contributed by atoms with Crippen LogP contribution in [-0.2, 0) is 14.3 Å². The Balaban J connectivity index is 2.42. The van der Waals surface area contributed by atoms with E-state index in [9.17, 15) is 14.4 Å². The van der Waals surface area contributed by atoms with Crippen LogP contribution in [0.5, 0.6) is 5.75 Å². The average molecular weight is 448 g/mol. The number of hydrogen-bond donors (Lipinski definition) is 1. The van der Waals surface area contributed by atoms with Crippen LogP contribution in [0.1, 0.15) is 57.3 Å². The third-order valence-corrected chi connectivity index (χ3v) is 5.83. The number of ether oxygens (including phenoxy) is 2. The number of fused-ring (bicyclic) bond motifs is 1. The summed E-state index contributed by atoms with van der Waals surface area (Å²) in [6, 6.07) is 4.86. The molecule has 178 valence electrons. The largest absolute Gasteiger partial charge is 0.491 e. The third kappa shape index (κ3) is 6.45. The van der Waals surface area contributed by atoms with Crippen molar-refractivity contribution in [1.29, 1.82) is 0 Å². The monoisotopic (exact) mass is 447 g/mol. The number of nitrogens with one attached hydrogen (secondary N) is 1. The van der Waals surface area contributed by atoms with Crippen molar-refractivity contribution in [2.45, 2.75) is 59.1 Å². The van der Waals surface area contributed by atoms with Gasteiger partial charge in [0.25, 0.3) is 5.91 Å². The van der Waals surface area contributed by atoms with Crippen LogP contribution in [-0.4, -0.2) is 73.5 Å². The fraction of sp³-hybridized carbons (Fsp3) is 0.625. The van der Waals surface area contributed by atoms with Crippen molar-refractivity contribution in [3.8, 4) is 5.75 Å². The van der Waals surface area contributed by atoms with Crippen LogP contribution < -0.4 is 10.1 Å². The second-order valence-electron chi connectivity index (χ2n) is 8.51. The predicted molar refractivity (Wildman–Crippen MR) is 124 cm³/mol. The summed E-state index contributed by atoms with van der Waals surface area (Å²) in [7, 11) is 3.36. The molecule has 3 atom stereocenters.